The first-order valence-corrected chi connectivity index (χ1v) is 16.8. The summed E-state index contributed by atoms with van der Waals surface area (Å²) < 4.78 is 10.2. The van der Waals surface area contributed by atoms with Crippen LogP contribution in [0.3, 0.4) is 0 Å². The van der Waals surface area contributed by atoms with E-state index in [0.29, 0.717) is 32.1 Å². The summed E-state index contributed by atoms with van der Waals surface area (Å²) in [5, 5.41) is 30.5. The molecular formula is C35H60O8. The summed E-state index contributed by atoms with van der Waals surface area (Å²) >= 11 is 0. The number of hydrogen-bond donors (Lipinski definition) is 3. The Morgan fingerprint density at radius 2 is 1.47 bits per heavy atom. The second-order valence-electron chi connectivity index (χ2n) is 12.5. The zero-order valence-corrected chi connectivity index (χ0v) is 27.1. The highest BCUT2D eigenvalue weighted by Gasteiger charge is 2.39. The normalized spacial score (nSPS) is 20.3. The van der Waals surface area contributed by atoms with Gasteiger partial charge in [0, 0.05) is 31.1 Å². The third-order valence-corrected chi connectivity index (χ3v) is 7.99. The van der Waals surface area contributed by atoms with Gasteiger partial charge in [0.15, 0.2) is 0 Å². The molecular weight excluding hydrogens is 548 g/mol. The van der Waals surface area contributed by atoms with Crippen LogP contribution < -0.4 is 0 Å². The molecule has 248 valence electrons. The van der Waals surface area contributed by atoms with Gasteiger partial charge in [0.05, 0.1) is 12.2 Å². The number of allylic oxidation sites excluding steroid dienone is 3. The fourth-order valence-electron chi connectivity index (χ4n) is 5.31. The van der Waals surface area contributed by atoms with E-state index in [-0.39, 0.29) is 43.7 Å². The molecule has 0 aromatic heterocycles. The third-order valence-electron chi connectivity index (χ3n) is 7.99. The highest BCUT2D eigenvalue weighted by molar-refractivity contribution is 5.86. The molecule has 0 radical (unpaired) electrons. The van der Waals surface area contributed by atoms with Crippen LogP contribution >= 0.6 is 0 Å². The average molecular weight is 609 g/mol. The smallest absolute Gasteiger partial charge is 0.305 e. The van der Waals surface area contributed by atoms with E-state index < -0.39 is 30.2 Å². The van der Waals surface area contributed by atoms with E-state index in [2.05, 4.69) is 20.8 Å². The first-order chi connectivity index (χ1) is 20.6. The number of carbonyl (C=O) groups excluding carboxylic acids is 3. The van der Waals surface area contributed by atoms with Crippen molar-refractivity contribution in [2.45, 2.75) is 148 Å². The van der Waals surface area contributed by atoms with Crippen LogP contribution in [-0.2, 0) is 23.9 Å². The number of esters is 2. The number of ether oxygens (including phenoxy) is 2. The molecule has 5 atom stereocenters. The Kier molecular flexibility index (Phi) is 22.0. The van der Waals surface area contributed by atoms with E-state index in [1.54, 1.807) is 12.2 Å². The van der Waals surface area contributed by atoms with Crippen molar-refractivity contribution in [1.29, 1.82) is 0 Å². The first-order valence-electron chi connectivity index (χ1n) is 16.8. The molecule has 1 fully saturated rings. The topological polar surface area (TPSA) is 130 Å². The first kappa shape index (κ1) is 39.0. The molecule has 0 aliphatic heterocycles. The Labute approximate surface area is 260 Å². The largest absolute Gasteiger partial charge is 0.463 e. The molecule has 8 heteroatoms. The fraction of sp³-hybridized carbons (Fsp3) is 0.800. The van der Waals surface area contributed by atoms with Gasteiger partial charge in [0.1, 0.15) is 25.1 Å². The highest BCUT2D eigenvalue weighted by Crippen LogP contribution is 2.33. The average Bonchev–Trinajstić information content (AvgIpc) is 3.23. The number of aliphatic hydroxyl groups is 3. The van der Waals surface area contributed by atoms with Gasteiger partial charge in [-0.25, -0.2) is 0 Å². The van der Waals surface area contributed by atoms with E-state index in [1.165, 1.54) is 25.7 Å². The predicted octanol–water partition coefficient (Wildman–Crippen LogP) is 6.39. The number of hydrogen-bond acceptors (Lipinski definition) is 8. The molecule has 0 amide bonds. The molecule has 0 aromatic rings. The van der Waals surface area contributed by atoms with E-state index >= 15 is 0 Å². The van der Waals surface area contributed by atoms with Crippen molar-refractivity contribution in [3.63, 3.8) is 0 Å². The quantitative estimate of drug-likeness (QED) is 0.0617. The zero-order valence-electron chi connectivity index (χ0n) is 27.1. The van der Waals surface area contributed by atoms with Crippen molar-refractivity contribution in [1.82, 2.24) is 0 Å². The molecule has 1 saturated carbocycles. The van der Waals surface area contributed by atoms with E-state index in [4.69, 9.17) is 9.47 Å². The maximum atomic E-state index is 12.4. The molecule has 0 bridgehead atoms. The number of aliphatic hydroxyl groups excluding tert-OH is 3. The van der Waals surface area contributed by atoms with E-state index in [1.807, 2.05) is 12.2 Å². The van der Waals surface area contributed by atoms with Crippen LogP contribution in [-0.4, -0.2) is 64.6 Å². The molecule has 3 N–H and O–H groups in total. The minimum atomic E-state index is -1.05. The van der Waals surface area contributed by atoms with Crippen molar-refractivity contribution >= 4 is 17.7 Å². The molecule has 1 rings (SSSR count). The lowest BCUT2D eigenvalue weighted by Gasteiger charge is -2.17. The SMILES string of the molecule is CCCCC[C@H](O)/C=C/[C@H]1C(=O)C[C@H](O)[C@@H]1C/C=C\CCCC(=O)OC[C@@H](O)COC(=O)CCCCCCCCC(C)C. The van der Waals surface area contributed by atoms with Gasteiger partial charge < -0.3 is 24.8 Å². The maximum absolute atomic E-state index is 12.4. The van der Waals surface area contributed by atoms with Gasteiger partial charge in [-0.15, -0.1) is 0 Å². The van der Waals surface area contributed by atoms with Crippen LogP contribution in [0.1, 0.15) is 130 Å². The Morgan fingerprint density at radius 3 is 2.12 bits per heavy atom. The van der Waals surface area contributed by atoms with Crippen molar-refractivity contribution in [3.8, 4) is 0 Å². The second kappa shape index (κ2) is 24.3. The van der Waals surface area contributed by atoms with Gasteiger partial charge in [-0.1, -0.05) is 103 Å². The van der Waals surface area contributed by atoms with Crippen molar-refractivity contribution in [2.24, 2.45) is 17.8 Å². The predicted molar refractivity (Wildman–Crippen MR) is 169 cm³/mol. The lowest BCUT2D eigenvalue weighted by Crippen LogP contribution is -2.25. The van der Waals surface area contributed by atoms with Gasteiger partial charge in [-0.05, 0) is 38.0 Å². The van der Waals surface area contributed by atoms with Crippen LogP contribution in [0.4, 0.5) is 0 Å². The Hall–Kier alpha value is -2.03. The van der Waals surface area contributed by atoms with Gasteiger partial charge in [0.2, 0.25) is 0 Å². The fourth-order valence-corrected chi connectivity index (χ4v) is 5.31. The van der Waals surface area contributed by atoms with E-state index in [0.717, 1.165) is 44.4 Å². The van der Waals surface area contributed by atoms with Crippen LogP contribution in [0, 0.1) is 17.8 Å². The number of ketones is 1. The van der Waals surface area contributed by atoms with Gasteiger partial charge >= 0.3 is 11.9 Å². The molecule has 8 nitrogen and oxygen atoms in total. The molecule has 0 saturated heterocycles. The zero-order chi connectivity index (χ0) is 31.9. The second-order valence-corrected chi connectivity index (χ2v) is 12.5. The summed E-state index contributed by atoms with van der Waals surface area (Å²) in [6, 6.07) is 0. The molecule has 0 heterocycles. The molecule has 0 spiro atoms. The summed E-state index contributed by atoms with van der Waals surface area (Å²) in [7, 11) is 0. The van der Waals surface area contributed by atoms with Crippen LogP contribution in [0.5, 0.6) is 0 Å². The monoisotopic (exact) mass is 608 g/mol. The van der Waals surface area contributed by atoms with Gasteiger partial charge in [0.25, 0.3) is 0 Å². The van der Waals surface area contributed by atoms with Crippen LogP contribution in [0.25, 0.3) is 0 Å². The lowest BCUT2D eigenvalue weighted by atomic mass is 9.90. The van der Waals surface area contributed by atoms with Crippen LogP contribution in [0.2, 0.25) is 0 Å². The lowest BCUT2D eigenvalue weighted by molar-refractivity contribution is -0.152. The summed E-state index contributed by atoms with van der Waals surface area (Å²) in [6.45, 7) is 6.19. The van der Waals surface area contributed by atoms with Crippen LogP contribution in [0.15, 0.2) is 24.3 Å². The molecule has 0 unspecified atom stereocenters. The molecule has 1 aliphatic carbocycles. The number of unbranched alkanes of at least 4 members (excludes halogenated alkanes) is 8. The van der Waals surface area contributed by atoms with Gasteiger partial charge in [-0.3, -0.25) is 14.4 Å². The summed E-state index contributed by atoms with van der Waals surface area (Å²) in [5.74, 6) is -0.616. The Morgan fingerprint density at radius 1 is 0.860 bits per heavy atom. The van der Waals surface area contributed by atoms with Crippen molar-refractivity contribution < 1.29 is 39.2 Å². The standard InChI is InChI=1S/C35H60O8/c1-4-5-12-18-28(36)22-23-31-30(32(38)24-33(31)39)19-14-10-11-16-21-35(41)43-26-29(37)25-42-34(40)20-15-9-7-6-8-13-17-27(2)3/h10,14,22-23,27-32,36-38H,4-9,11-13,15-21,24-26H2,1-3H3/b14-10-,23-22+/t28-,29-,30+,31+,32-/m0/s1. The number of rotatable bonds is 25. The molecule has 0 aromatic carbocycles. The molecule has 43 heavy (non-hydrogen) atoms. The third kappa shape index (κ3) is 19.8. The number of carbonyl (C=O) groups is 3. The summed E-state index contributed by atoms with van der Waals surface area (Å²) in [4.78, 5) is 36.2. The Bertz CT molecular complexity index is 821. The molecule has 1 aliphatic rings. The summed E-state index contributed by atoms with van der Waals surface area (Å²) in [5.41, 5.74) is 0. The van der Waals surface area contributed by atoms with Crippen molar-refractivity contribution in [2.75, 3.05) is 13.2 Å². The van der Waals surface area contributed by atoms with E-state index in [9.17, 15) is 29.7 Å². The Balaban J connectivity index is 2.15. The van der Waals surface area contributed by atoms with Crippen molar-refractivity contribution in [3.05, 3.63) is 24.3 Å². The maximum Gasteiger partial charge on any atom is 0.305 e. The summed E-state index contributed by atoms with van der Waals surface area (Å²) in [6.07, 6.45) is 19.0. The highest BCUT2D eigenvalue weighted by atomic mass is 16.6. The van der Waals surface area contributed by atoms with Gasteiger partial charge in [-0.2, -0.15) is 0 Å². The number of Topliss-reactive ketones (excluding diaryl/α,β-unsaturated/α-hetero) is 1. The minimum absolute atomic E-state index is 0.000797. The minimum Gasteiger partial charge on any atom is -0.463 e.